The third-order valence-corrected chi connectivity index (χ3v) is 5.29. The Morgan fingerprint density at radius 2 is 2.16 bits per heavy atom. The highest BCUT2D eigenvalue weighted by atomic mass is 32.2. The maximum atomic E-state index is 13.8. The maximum Gasteiger partial charge on any atom is 0.246 e. The Balaban J connectivity index is 2.36. The van der Waals surface area contributed by atoms with Crippen LogP contribution >= 0.6 is 0 Å². The SMILES string of the molecule is CCCN(C1CCNC1)S(=O)(=O)c1ccccc1F. The monoisotopic (exact) mass is 286 g/mol. The molecule has 1 aliphatic rings. The van der Waals surface area contributed by atoms with Crippen molar-refractivity contribution in [2.75, 3.05) is 19.6 Å². The Hall–Kier alpha value is -0.980. The molecule has 1 aliphatic heterocycles. The van der Waals surface area contributed by atoms with Gasteiger partial charge < -0.3 is 5.32 Å². The van der Waals surface area contributed by atoms with Crippen LogP contribution in [0.15, 0.2) is 29.2 Å². The molecule has 1 aromatic rings. The highest BCUT2D eigenvalue weighted by Crippen LogP contribution is 2.23. The van der Waals surface area contributed by atoms with Gasteiger partial charge in [-0.05, 0) is 31.5 Å². The zero-order chi connectivity index (χ0) is 13.9. The van der Waals surface area contributed by atoms with Gasteiger partial charge in [-0.1, -0.05) is 19.1 Å². The Morgan fingerprint density at radius 3 is 2.74 bits per heavy atom. The number of nitrogens with zero attached hydrogens (tertiary/aromatic N) is 1. The molecule has 1 N–H and O–H groups in total. The fourth-order valence-electron chi connectivity index (χ4n) is 2.38. The first-order valence-electron chi connectivity index (χ1n) is 6.54. The first kappa shape index (κ1) is 14.4. The maximum absolute atomic E-state index is 13.8. The third kappa shape index (κ3) is 2.96. The number of hydrogen-bond donors (Lipinski definition) is 1. The molecule has 1 atom stereocenters. The van der Waals surface area contributed by atoms with E-state index in [1.54, 1.807) is 6.07 Å². The summed E-state index contributed by atoms with van der Waals surface area (Å²) in [7, 11) is -3.76. The van der Waals surface area contributed by atoms with Gasteiger partial charge in [-0.2, -0.15) is 4.31 Å². The summed E-state index contributed by atoms with van der Waals surface area (Å²) >= 11 is 0. The van der Waals surface area contributed by atoms with Crippen LogP contribution in [0, 0.1) is 5.82 Å². The van der Waals surface area contributed by atoms with Crippen molar-refractivity contribution >= 4 is 10.0 Å². The minimum Gasteiger partial charge on any atom is -0.315 e. The van der Waals surface area contributed by atoms with Gasteiger partial charge in [-0.25, -0.2) is 12.8 Å². The second-order valence-electron chi connectivity index (χ2n) is 4.69. The highest BCUT2D eigenvalue weighted by Gasteiger charge is 2.33. The van der Waals surface area contributed by atoms with Crippen LogP contribution < -0.4 is 5.32 Å². The number of nitrogens with one attached hydrogen (secondary N) is 1. The van der Waals surface area contributed by atoms with Gasteiger partial charge in [0, 0.05) is 19.1 Å². The molecule has 0 amide bonds. The van der Waals surface area contributed by atoms with E-state index in [-0.39, 0.29) is 10.9 Å². The topological polar surface area (TPSA) is 49.4 Å². The largest absolute Gasteiger partial charge is 0.315 e. The molecule has 0 saturated carbocycles. The lowest BCUT2D eigenvalue weighted by Crippen LogP contribution is -2.42. The molecule has 106 valence electrons. The standard InChI is InChI=1S/C13H19FN2O2S/c1-2-9-16(11-7-8-15-10-11)19(17,18)13-6-4-3-5-12(13)14/h3-6,11,15H,2,7-10H2,1H3. The summed E-state index contributed by atoms with van der Waals surface area (Å²) < 4.78 is 40.4. The van der Waals surface area contributed by atoms with Crippen LogP contribution in [0.5, 0.6) is 0 Å². The van der Waals surface area contributed by atoms with Crippen LogP contribution in [0.4, 0.5) is 4.39 Å². The Kier molecular flexibility index (Phi) is 4.54. The zero-order valence-corrected chi connectivity index (χ0v) is 11.8. The van der Waals surface area contributed by atoms with Crippen LogP contribution in [0.25, 0.3) is 0 Å². The van der Waals surface area contributed by atoms with E-state index in [0.29, 0.717) is 19.5 Å². The molecule has 1 heterocycles. The molecular weight excluding hydrogens is 267 g/mol. The fourth-order valence-corrected chi connectivity index (χ4v) is 4.20. The predicted molar refractivity (Wildman–Crippen MR) is 71.9 cm³/mol. The lowest BCUT2D eigenvalue weighted by molar-refractivity contribution is 0.333. The quantitative estimate of drug-likeness (QED) is 0.894. The molecule has 0 bridgehead atoms. The number of hydrogen-bond acceptors (Lipinski definition) is 3. The van der Waals surface area contributed by atoms with Crippen molar-refractivity contribution in [2.45, 2.75) is 30.7 Å². The van der Waals surface area contributed by atoms with Crippen molar-refractivity contribution < 1.29 is 12.8 Å². The van der Waals surface area contributed by atoms with E-state index in [4.69, 9.17) is 0 Å². The average Bonchev–Trinajstić information content (AvgIpc) is 2.89. The van der Waals surface area contributed by atoms with E-state index in [0.717, 1.165) is 13.0 Å². The Morgan fingerprint density at radius 1 is 1.42 bits per heavy atom. The van der Waals surface area contributed by atoms with Crippen molar-refractivity contribution in [3.8, 4) is 0 Å². The van der Waals surface area contributed by atoms with Gasteiger partial charge in [0.2, 0.25) is 10.0 Å². The molecule has 0 radical (unpaired) electrons. The van der Waals surface area contributed by atoms with E-state index in [1.165, 1.54) is 22.5 Å². The highest BCUT2D eigenvalue weighted by molar-refractivity contribution is 7.89. The van der Waals surface area contributed by atoms with Gasteiger partial charge in [0.05, 0.1) is 0 Å². The van der Waals surface area contributed by atoms with Gasteiger partial charge in [-0.3, -0.25) is 0 Å². The summed E-state index contributed by atoms with van der Waals surface area (Å²) in [5.74, 6) is -0.686. The lowest BCUT2D eigenvalue weighted by atomic mass is 10.2. The molecule has 19 heavy (non-hydrogen) atoms. The van der Waals surface area contributed by atoms with E-state index in [9.17, 15) is 12.8 Å². The Labute approximate surface area is 113 Å². The number of halogens is 1. The summed E-state index contributed by atoms with van der Waals surface area (Å²) in [5.41, 5.74) is 0. The fraction of sp³-hybridized carbons (Fsp3) is 0.538. The molecule has 6 heteroatoms. The van der Waals surface area contributed by atoms with Crippen molar-refractivity contribution in [1.29, 1.82) is 0 Å². The second kappa shape index (κ2) is 5.98. The third-order valence-electron chi connectivity index (χ3n) is 3.31. The molecule has 1 fully saturated rings. The number of rotatable bonds is 5. The van der Waals surface area contributed by atoms with Crippen LogP contribution in [-0.4, -0.2) is 38.4 Å². The zero-order valence-electron chi connectivity index (χ0n) is 11.0. The van der Waals surface area contributed by atoms with Crippen LogP contribution in [-0.2, 0) is 10.0 Å². The summed E-state index contributed by atoms with van der Waals surface area (Å²) in [6.45, 7) is 3.78. The smallest absolute Gasteiger partial charge is 0.246 e. The van der Waals surface area contributed by atoms with Crippen molar-refractivity contribution in [1.82, 2.24) is 9.62 Å². The van der Waals surface area contributed by atoms with E-state index >= 15 is 0 Å². The minimum absolute atomic E-state index is 0.0791. The first-order valence-corrected chi connectivity index (χ1v) is 7.98. The predicted octanol–water partition coefficient (Wildman–Crippen LogP) is 1.59. The van der Waals surface area contributed by atoms with E-state index < -0.39 is 15.8 Å². The normalized spacial score (nSPS) is 20.1. The molecule has 0 spiro atoms. The molecule has 0 aliphatic carbocycles. The second-order valence-corrected chi connectivity index (χ2v) is 6.55. The molecule has 2 rings (SSSR count). The van der Waals surface area contributed by atoms with Crippen LogP contribution in [0.3, 0.4) is 0 Å². The number of sulfonamides is 1. The van der Waals surface area contributed by atoms with Crippen molar-refractivity contribution in [3.05, 3.63) is 30.1 Å². The summed E-state index contributed by atoms with van der Waals surface area (Å²) in [5, 5.41) is 3.15. The Bertz CT molecular complexity index is 527. The van der Waals surface area contributed by atoms with Gasteiger partial charge in [-0.15, -0.1) is 0 Å². The van der Waals surface area contributed by atoms with Crippen molar-refractivity contribution in [3.63, 3.8) is 0 Å². The molecule has 4 nitrogen and oxygen atoms in total. The molecule has 1 unspecified atom stereocenters. The molecular formula is C13H19FN2O2S. The van der Waals surface area contributed by atoms with Gasteiger partial charge >= 0.3 is 0 Å². The lowest BCUT2D eigenvalue weighted by Gasteiger charge is -2.27. The summed E-state index contributed by atoms with van der Waals surface area (Å²) in [6.07, 6.45) is 1.48. The molecule has 0 aromatic heterocycles. The van der Waals surface area contributed by atoms with Gasteiger partial charge in [0.1, 0.15) is 10.7 Å². The van der Waals surface area contributed by atoms with Crippen LogP contribution in [0.2, 0.25) is 0 Å². The van der Waals surface area contributed by atoms with Crippen molar-refractivity contribution in [2.24, 2.45) is 0 Å². The summed E-state index contributed by atoms with van der Waals surface area (Å²) in [4.78, 5) is -0.227. The summed E-state index contributed by atoms with van der Waals surface area (Å²) in [6, 6.07) is 5.48. The van der Waals surface area contributed by atoms with E-state index in [2.05, 4.69) is 5.32 Å². The first-order chi connectivity index (χ1) is 9.07. The molecule has 1 saturated heterocycles. The number of benzene rings is 1. The van der Waals surface area contributed by atoms with E-state index in [1.807, 2.05) is 6.92 Å². The molecule has 1 aromatic carbocycles. The van der Waals surface area contributed by atoms with Gasteiger partial charge in [0.15, 0.2) is 0 Å². The average molecular weight is 286 g/mol. The van der Waals surface area contributed by atoms with Gasteiger partial charge in [0.25, 0.3) is 0 Å². The minimum atomic E-state index is -3.76. The van der Waals surface area contributed by atoms with Crippen LogP contribution in [0.1, 0.15) is 19.8 Å².